The Balaban J connectivity index is 1.10. The number of allylic oxidation sites excluding steroid dienone is 6. The van der Waals surface area contributed by atoms with Crippen LogP contribution in [0.2, 0.25) is 0 Å². The van der Waals surface area contributed by atoms with E-state index in [1.165, 1.54) is 94.7 Å². The molecule has 0 N–H and O–H groups in total. The molecule has 0 saturated heterocycles. The summed E-state index contributed by atoms with van der Waals surface area (Å²) < 4.78 is 0. The van der Waals surface area contributed by atoms with E-state index in [-0.39, 0.29) is 0 Å². The highest BCUT2D eigenvalue weighted by atomic mass is 15.2. The Morgan fingerprint density at radius 1 is 0.587 bits per heavy atom. The Hall–Kier alpha value is -4.56. The third kappa shape index (κ3) is 5.66. The molecule has 4 aromatic carbocycles. The van der Waals surface area contributed by atoms with Gasteiger partial charge in [0, 0.05) is 22.8 Å². The molecule has 4 aromatic rings. The van der Waals surface area contributed by atoms with Crippen LogP contribution in [0.15, 0.2) is 139 Å². The molecular weight excluding hydrogens is 556 g/mol. The average molecular weight is 601 g/mol. The second kappa shape index (κ2) is 13.0. The van der Waals surface area contributed by atoms with E-state index in [9.17, 15) is 0 Å². The standard InChI is InChI=1S/C44H44N2/c1-3-17-37(18-4-1)45(43-23-11-15-35-13-7-9-21-41(35)43)39-29-25-33(26-30-39)34-27-31-40(32-28-34)46(38-19-5-2-6-20-38)44-24-12-16-36-14-8-10-22-42(36)44/h1-7,9,12-13,16-17,19-21,24-25,27-29,31-32,37,43H,8,10-11,14-15,18,22-23,26,30H2. The lowest BCUT2D eigenvalue weighted by Gasteiger charge is -2.44. The van der Waals surface area contributed by atoms with Crippen molar-refractivity contribution >= 4 is 22.6 Å². The van der Waals surface area contributed by atoms with Crippen LogP contribution in [-0.4, -0.2) is 10.9 Å². The Morgan fingerprint density at radius 3 is 2.20 bits per heavy atom. The van der Waals surface area contributed by atoms with Crippen molar-refractivity contribution in [3.8, 4) is 0 Å². The largest absolute Gasteiger partial charge is 0.361 e. The maximum absolute atomic E-state index is 2.77. The number of hydrogen-bond donors (Lipinski definition) is 0. The van der Waals surface area contributed by atoms with E-state index < -0.39 is 0 Å². The van der Waals surface area contributed by atoms with Gasteiger partial charge in [-0.05, 0) is 134 Å². The van der Waals surface area contributed by atoms with Gasteiger partial charge in [-0.3, -0.25) is 0 Å². The number of para-hydroxylation sites is 1. The monoisotopic (exact) mass is 600 g/mol. The van der Waals surface area contributed by atoms with Crippen LogP contribution in [0.5, 0.6) is 0 Å². The van der Waals surface area contributed by atoms with Crippen LogP contribution in [0.4, 0.5) is 17.1 Å². The summed E-state index contributed by atoms with van der Waals surface area (Å²) in [5, 5.41) is 0. The summed E-state index contributed by atoms with van der Waals surface area (Å²) in [7, 11) is 0. The Morgan fingerprint density at radius 2 is 1.37 bits per heavy atom. The normalized spacial score (nSPS) is 20.3. The van der Waals surface area contributed by atoms with Gasteiger partial charge < -0.3 is 9.80 Å². The van der Waals surface area contributed by atoms with Gasteiger partial charge in [-0.25, -0.2) is 0 Å². The van der Waals surface area contributed by atoms with Crippen molar-refractivity contribution in [3.63, 3.8) is 0 Å². The Labute approximate surface area is 275 Å². The van der Waals surface area contributed by atoms with Gasteiger partial charge in [0.25, 0.3) is 0 Å². The molecule has 4 aliphatic carbocycles. The Bertz CT molecular complexity index is 1810. The Kier molecular flexibility index (Phi) is 8.19. The number of fused-ring (bicyclic) bond motifs is 2. The number of anilines is 3. The summed E-state index contributed by atoms with van der Waals surface area (Å²) >= 11 is 0. The summed E-state index contributed by atoms with van der Waals surface area (Å²) in [6.07, 6.45) is 25.8. The predicted octanol–water partition coefficient (Wildman–Crippen LogP) is 11.4. The second-order valence-corrected chi connectivity index (χ2v) is 13.3. The molecule has 0 heterocycles. The third-order valence-corrected chi connectivity index (χ3v) is 10.6. The van der Waals surface area contributed by atoms with Gasteiger partial charge in [-0.1, -0.05) is 97.1 Å². The van der Waals surface area contributed by atoms with Crippen LogP contribution in [0.25, 0.3) is 5.57 Å². The molecule has 0 bridgehead atoms. The third-order valence-electron chi connectivity index (χ3n) is 10.6. The number of nitrogens with zero attached hydrogens (tertiary/aromatic N) is 2. The first-order valence-electron chi connectivity index (χ1n) is 17.5. The zero-order valence-electron chi connectivity index (χ0n) is 26.8. The molecular formula is C44H44N2. The highest BCUT2D eigenvalue weighted by Crippen LogP contribution is 2.43. The van der Waals surface area contributed by atoms with Crippen LogP contribution in [0.1, 0.15) is 78.8 Å². The number of hydrogen-bond acceptors (Lipinski definition) is 2. The number of aryl methyl sites for hydroxylation is 2. The van der Waals surface area contributed by atoms with Crippen molar-refractivity contribution in [3.05, 3.63) is 167 Å². The fraction of sp³-hybridized carbons (Fsp3) is 0.273. The van der Waals surface area contributed by atoms with Gasteiger partial charge >= 0.3 is 0 Å². The molecule has 2 nitrogen and oxygen atoms in total. The molecule has 46 heavy (non-hydrogen) atoms. The van der Waals surface area contributed by atoms with Gasteiger partial charge in [-0.2, -0.15) is 0 Å². The zero-order valence-corrected chi connectivity index (χ0v) is 26.8. The molecule has 2 atom stereocenters. The highest BCUT2D eigenvalue weighted by Gasteiger charge is 2.32. The molecule has 0 fully saturated rings. The van der Waals surface area contributed by atoms with Gasteiger partial charge in [-0.15, -0.1) is 0 Å². The lowest BCUT2D eigenvalue weighted by Crippen LogP contribution is -2.38. The van der Waals surface area contributed by atoms with Crippen LogP contribution < -0.4 is 4.90 Å². The van der Waals surface area contributed by atoms with Crippen molar-refractivity contribution in [1.82, 2.24) is 4.90 Å². The summed E-state index contributed by atoms with van der Waals surface area (Å²) in [5.74, 6) is 0. The van der Waals surface area contributed by atoms with E-state index in [2.05, 4.69) is 143 Å². The van der Waals surface area contributed by atoms with Crippen LogP contribution in [-0.2, 0) is 19.3 Å². The van der Waals surface area contributed by atoms with Gasteiger partial charge in [0.1, 0.15) is 0 Å². The maximum atomic E-state index is 2.77. The number of rotatable bonds is 7. The number of benzene rings is 4. The van der Waals surface area contributed by atoms with Crippen LogP contribution in [0.3, 0.4) is 0 Å². The van der Waals surface area contributed by atoms with E-state index in [1.54, 1.807) is 0 Å². The van der Waals surface area contributed by atoms with Crippen molar-refractivity contribution in [2.45, 2.75) is 76.3 Å². The lowest BCUT2D eigenvalue weighted by atomic mass is 9.84. The fourth-order valence-electron chi connectivity index (χ4n) is 8.32. The van der Waals surface area contributed by atoms with Crippen molar-refractivity contribution in [2.24, 2.45) is 0 Å². The van der Waals surface area contributed by atoms with Crippen molar-refractivity contribution < 1.29 is 0 Å². The molecule has 2 unspecified atom stereocenters. The van der Waals surface area contributed by atoms with E-state index in [0.29, 0.717) is 12.1 Å². The van der Waals surface area contributed by atoms with Crippen molar-refractivity contribution in [2.75, 3.05) is 4.90 Å². The highest BCUT2D eigenvalue weighted by molar-refractivity contribution is 5.80. The van der Waals surface area contributed by atoms with Crippen LogP contribution >= 0.6 is 0 Å². The van der Waals surface area contributed by atoms with E-state index in [4.69, 9.17) is 0 Å². The molecule has 230 valence electrons. The van der Waals surface area contributed by atoms with Crippen molar-refractivity contribution in [1.29, 1.82) is 0 Å². The molecule has 8 rings (SSSR count). The quantitative estimate of drug-likeness (QED) is 0.208. The summed E-state index contributed by atoms with van der Waals surface area (Å²) in [6.45, 7) is 0. The SMILES string of the molecule is C1=CCC(N(C2=CC=C(c3ccc(N(c4ccccc4)c4cccc5c4CCCC5)cc3)CC2)C2CCCc3ccccc32)C=C1. The molecule has 0 radical (unpaired) electrons. The lowest BCUT2D eigenvalue weighted by molar-refractivity contribution is 0.186. The molecule has 0 saturated carbocycles. The minimum atomic E-state index is 0.411. The predicted molar refractivity (Wildman–Crippen MR) is 194 cm³/mol. The van der Waals surface area contributed by atoms with Gasteiger partial charge in [0.05, 0.1) is 12.1 Å². The van der Waals surface area contributed by atoms with E-state index in [1.807, 2.05) is 0 Å². The summed E-state index contributed by atoms with van der Waals surface area (Å²) in [5.41, 5.74) is 14.1. The minimum Gasteiger partial charge on any atom is -0.361 e. The molecule has 0 aromatic heterocycles. The van der Waals surface area contributed by atoms with Crippen LogP contribution in [0, 0.1) is 0 Å². The smallest absolute Gasteiger partial charge is 0.0548 e. The minimum absolute atomic E-state index is 0.411. The molecule has 0 spiro atoms. The first-order valence-corrected chi connectivity index (χ1v) is 17.5. The van der Waals surface area contributed by atoms with Gasteiger partial charge in [0.2, 0.25) is 0 Å². The van der Waals surface area contributed by atoms with Gasteiger partial charge in [0.15, 0.2) is 0 Å². The summed E-state index contributed by atoms with van der Waals surface area (Å²) in [6, 6.07) is 37.1. The first kappa shape index (κ1) is 28.9. The average Bonchev–Trinajstić information content (AvgIpc) is 3.14. The topological polar surface area (TPSA) is 6.48 Å². The fourth-order valence-corrected chi connectivity index (χ4v) is 8.32. The first-order chi connectivity index (χ1) is 22.8. The molecule has 2 heteroatoms. The summed E-state index contributed by atoms with van der Waals surface area (Å²) in [4.78, 5) is 5.24. The maximum Gasteiger partial charge on any atom is 0.0548 e. The zero-order chi connectivity index (χ0) is 30.7. The molecule has 0 amide bonds. The molecule has 4 aliphatic rings. The molecule has 0 aliphatic heterocycles. The van der Waals surface area contributed by atoms with E-state index in [0.717, 1.165) is 25.7 Å². The second-order valence-electron chi connectivity index (χ2n) is 13.3. The van der Waals surface area contributed by atoms with E-state index >= 15 is 0 Å².